The first-order valence-electron chi connectivity index (χ1n) is 9.51. The molecule has 1 fully saturated rings. The summed E-state index contributed by atoms with van der Waals surface area (Å²) in [5, 5.41) is 23.1. The van der Waals surface area contributed by atoms with E-state index in [1.54, 1.807) is 25.2 Å². The van der Waals surface area contributed by atoms with E-state index in [4.69, 9.17) is 0 Å². The third-order valence-corrected chi connectivity index (χ3v) is 9.02. The van der Waals surface area contributed by atoms with Crippen LogP contribution in [0.25, 0.3) is 0 Å². The van der Waals surface area contributed by atoms with Crippen LogP contribution in [-0.2, 0) is 31.3 Å². The summed E-state index contributed by atoms with van der Waals surface area (Å²) >= 11 is 2.54. The maximum absolute atomic E-state index is 12.7. The Labute approximate surface area is 196 Å². The summed E-state index contributed by atoms with van der Waals surface area (Å²) in [6.07, 6.45) is 0. The van der Waals surface area contributed by atoms with Crippen molar-refractivity contribution in [2.24, 2.45) is 7.05 Å². The molecule has 0 unspecified atom stereocenters. The molecule has 2 N–H and O–H groups in total. The van der Waals surface area contributed by atoms with Gasteiger partial charge in [0.05, 0.1) is 4.90 Å². The fourth-order valence-corrected chi connectivity index (χ4v) is 6.89. The van der Waals surface area contributed by atoms with Crippen molar-refractivity contribution < 1.29 is 27.9 Å². The molecular weight excluding hydrogens is 492 g/mol. The van der Waals surface area contributed by atoms with Crippen molar-refractivity contribution in [2.75, 3.05) is 17.3 Å². The van der Waals surface area contributed by atoms with Crippen LogP contribution >= 0.6 is 23.5 Å². The van der Waals surface area contributed by atoms with Gasteiger partial charge in [0.15, 0.2) is 9.84 Å². The molecule has 2 aromatic rings. The Hall–Kier alpha value is -2.91. The lowest BCUT2D eigenvalue weighted by Crippen LogP contribution is -2.70. The molecule has 12 nitrogen and oxygen atoms in total. The molecule has 33 heavy (non-hydrogen) atoms. The normalized spacial score (nSPS) is 20.3. The fourth-order valence-electron chi connectivity index (χ4n) is 3.39. The number of rotatable bonds is 8. The molecule has 1 aromatic heterocycles. The van der Waals surface area contributed by atoms with Crippen molar-refractivity contribution in [2.45, 2.75) is 21.5 Å². The summed E-state index contributed by atoms with van der Waals surface area (Å²) in [6.45, 7) is 0. The molecule has 4 rings (SSSR count). The van der Waals surface area contributed by atoms with Crippen molar-refractivity contribution in [1.82, 2.24) is 30.4 Å². The third kappa shape index (κ3) is 4.60. The van der Waals surface area contributed by atoms with Crippen LogP contribution in [0, 0.1) is 0 Å². The minimum Gasteiger partial charge on any atom is -0.477 e. The first kappa shape index (κ1) is 23.3. The van der Waals surface area contributed by atoms with Crippen LogP contribution in [0.2, 0.25) is 0 Å². The summed E-state index contributed by atoms with van der Waals surface area (Å²) in [5.74, 6) is -2.90. The van der Waals surface area contributed by atoms with Crippen molar-refractivity contribution in [3.8, 4) is 0 Å². The van der Waals surface area contributed by atoms with E-state index in [1.807, 2.05) is 0 Å². The highest BCUT2D eigenvalue weighted by Gasteiger charge is 2.54. The number of carboxylic acid groups (broad SMARTS) is 1. The molecule has 0 bridgehead atoms. The average Bonchev–Trinajstić information content (AvgIpc) is 3.20. The highest BCUT2D eigenvalue weighted by atomic mass is 32.2. The van der Waals surface area contributed by atoms with E-state index in [0.29, 0.717) is 16.5 Å². The smallest absolute Gasteiger partial charge is 0.352 e. The number of thioether (sulfide) groups is 2. The van der Waals surface area contributed by atoms with Gasteiger partial charge in [-0.3, -0.25) is 14.5 Å². The number of nitrogens with one attached hydrogen (secondary N) is 1. The summed E-state index contributed by atoms with van der Waals surface area (Å²) in [5.41, 5.74) is 0.398. The Morgan fingerprint density at radius 3 is 2.67 bits per heavy atom. The van der Waals surface area contributed by atoms with Gasteiger partial charge in [-0.05, 0) is 28.1 Å². The second-order valence-electron chi connectivity index (χ2n) is 7.16. The molecule has 2 atom stereocenters. The van der Waals surface area contributed by atoms with E-state index in [1.165, 1.54) is 40.3 Å². The molecule has 174 valence electrons. The number of hydrogen-bond acceptors (Lipinski definition) is 10. The molecule has 3 heterocycles. The number of aryl methyl sites for hydroxylation is 1. The Balaban J connectivity index is 1.44. The molecule has 1 aromatic carbocycles. The third-order valence-electron chi connectivity index (χ3n) is 4.95. The van der Waals surface area contributed by atoms with Crippen LogP contribution < -0.4 is 5.32 Å². The maximum atomic E-state index is 12.7. The number of nitrogens with zero attached hydrogens (tertiary/aromatic N) is 5. The first-order chi connectivity index (χ1) is 15.7. The lowest BCUT2D eigenvalue weighted by Gasteiger charge is -2.49. The SMILES string of the molecule is Cn1nnnc1SCC1=C(C(=O)O)N2C(=O)[C@@H](NC(=O)CS(=O)(=O)c3ccccc3)[C@H]2SC1. The fraction of sp³-hybridized carbons (Fsp3) is 0.333. The molecule has 1 saturated heterocycles. The van der Waals surface area contributed by atoms with Crippen LogP contribution in [0.1, 0.15) is 0 Å². The molecule has 0 saturated carbocycles. The number of aliphatic carboxylic acids is 1. The van der Waals surface area contributed by atoms with Crippen LogP contribution in [-0.4, -0.2) is 85.1 Å². The molecular formula is C18H18N6O6S3. The second-order valence-corrected chi connectivity index (χ2v) is 11.2. The summed E-state index contributed by atoms with van der Waals surface area (Å²) in [6, 6.07) is 6.53. The van der Waals surface area contributed by atoms with Gasteiger partial charge in [-0.2, -0.15) is 0 Å². The lowest BCUT2D eigenvalue weighted by atomic mass is 10.0. The predicted octanol–water partition coefficient (Wildman–Crippen LogP) is -0.485. The Kier molecular flexibility index (Phi) is 6.45. The number of carbonyl (C=O) groups is 3. The first-order valence-corrected chi connectivity index (χ1v) is 13.2. The number of aromatic nitrogens is 4. The van der Waals surface area contributed by atoms with Crippen molar-refractivity contribution >= 4 is 51.1 Å². The topological polar surface area (TPSA) is 164 Å². The van der Waals surface area contributed by atoms with E-state index in [-0.39, 0.29) is 16.3 Å². The summed E-state index contributed by atoms with van der Waals surface area (Å²) in [4.78, 5) is 38.2. The zero-order chi connectivity index (χ0) is 23.8. The Morgan fingerprint density at radius 1 is 1.30 bits per heavy atom. The van der Waals surface area contributed by atoms with Crippen LogP contribution in [0.3, 0.4) is 0 Å². The van der Waals surface area contributed by atoms with E-state index < -0.39 is 44.8 Å². The minimum absolute atomic E-state index is 0.00473. The molecule has 0 spiro atoms. The molecule has 2 aliphatic rings. The molecule has 0 aliphatic carbocycles. The van der Waals surface area contributed by atoms with Gasteiger partial charge in [0.25, 0.3) is 5.91 Å². The summed E-state index contributed by atoms with van der Waals surface area (Å²) in [7, 11) is -2.21. The number of amides is 2. The number of β-lactam (4-membered cyclic amide) rings is 1. The second kappa shape index (κ2) is 9.15. The Bertz CT molecular complexity index is 1250. The molecule has 2 amide bonds. The number of fused-ring (bicyclic) bond motifs is 1. The average molecular weight is 511 g/mol. The number of hydrogen-bond donors (Lipinski definition) is 2. The Morgan fingerprint density at radius 2 is 2.03 bits per heavy atom. The van der Waals surface area contributed by atoms with Gasteiger partial charge in [0.2, 0.25) is 11.1 Å². The van der Waals surface area contributed by atoms with E-state index in [9.17, 15) is 27.9 Å². The van der Waals surface area contributed by atoms with E-state index in [0.717, 1.165) is 4.90 Å². The predicted molar refractivity (Wildman–Crippen MR) is 118 cm³/mol. The maximum Gasteiger partial charge on any atom is 0.352 e. The zero-order valence-electron chi connectivity index (χ0n) is 17.1. The largest absolute Gasteiger partial charge is 0.477 e. The van der Waals surface area contributed by atoms with E-state index >= 15 is 0 Å². The van der Waals surface area contributed by atoms with Crippen molar-refractivity contribution in [3.63, 3.8) is 0 Å². The van der Waals surface area contributed by atoms with Crippen molar-refractivity contribution in [3.05, 3.63) is 41.6 Å². The monoisotopic (exact) mass is 510 g/mol. The van der Waals surface area contributed by atoms with Gasteiger partial charge in [0, 0.05) is 18.6 Å². The number of benzene rings is 1. The standard InChI is InChI=1S/C18H18N6O6S3/c1-23-18(20-21-22-23)32-8-10-7-31-16-13(15(26)24(16)14(10)17(27)28)19-12(25)9-33(29,30)11-5-3-2-4-6-11/h2-6,13,16H,7-9H2,1H3,(H,19,25)(H,27,28)/t13-,16-/m1/s1. The minimum atomic E-state index is -3.87. The van der Waals surface area contributed by atoms with Gasteiger partial charge in [-0.15, -0.1) is 16.9 Å². The number of sulfone groups is 1. The molecule has 15 heteroatoms. The number of tetrazole rings is 1. The highest BCUT2D eigenvalue weighted by molar-refractivity contribution is 8.01. The zero-order valence-corrected chi connectivity index (χ0v) is 19.6. The van der Waals surface area contributed by atoms with Gasteiger partial charge in [-0.1, -0.05) is 30.0 Å². The van der Waals surface area contributed by atoms with Crippen LogP contribution in [0.5, 0.6) is 0 Å². The number of carboxylic acids is 1. The quantitative estimate of drug-likeness (QED) is 0.348. The number of carbonyl (C=O) groups excluding carboxylic acids is 2. The van der Waals surface area contributed by atoms with Crippen molar-refractivity contribution in [1.29, 1.82) is 0 Å². The lowest BCUT2D eigenvalue weighted by molar-refractivity contribution is -0.150. The molecule has 2 aliphatic heterocycles. The summed E-state index contributed by atoms with van der Waals surface area (Å²) < 4.78 is 26.3. The van der Waals surface area contributed by atoms with E-state index in [2.05, 4.69) is 20.8 Å². The highest BCUT2D eigenvalue weighted by Crippen LogP contribution is 2.41. The van der Waals surface area contributed by atoms with Crippen LogP contribution in [0.4, 0.5) is 0 Å². The van der Waals surface area contributed by atoms with Gasteiger partial charge in [0.1, 0.15) is 22.9 Å². The van der Waals surface area contributed by atoms with Crippen LogP contribution in [0.15, 0.2) is 51.7 Å². The van der Waals surface area contributed by atoms with Gasteiger partial charge >= 0.3 is 5.97 Å². The van der Waals surface area contributed by atoms with Gasteiger partial charge in [-0.25, -0.2) is 17.9 Å². The molecule has 0 radical (unpaired) electrons. The van der Waals surface area contributed by atoms with Gasteiger partial charge < -0.3 is 10.4 Å².